The summed E-state index contributed by atoms with van der Waals surface area (Å²) in [5, 5.41) is 0. The van der Waals surface area contributed by atoms with Crippen LogP contribution in [-0.2, 0) is 20.7 Å². The number of hydrogen-bond acceptors (Lipinski definition) is 2. The zero-order chi connectivity index (χ0) is 16.9. The molecular weight excluding hydrogens is 350 g/mol. The van der Waals surface area contributed by atoms with Gasteiger partial charge in [-0.1, -0.05) is 18.2 Å². The van der Waals surface area contributed by atoms with Gasteiger partial charge in [0.2, 0.25) is 9.84 Å². The zero-order valence-corrected chi connectivity index (χ0v) is 13.9. The van der Waals surface area contributed by atoms with E-state index in [4.69, 9.17) is 0 Å². The minimum Gasteiger partial charge on any atom is -0.218 e. The van der Waals surface area contributed by atoms with Crippen molar-refractivity contribution in [3.8, 4) is 0 Å². The second-order valence-corrected chi connectivity index (χ2v) is 9.15. The molecule has 24 heavy (non-hydrogen) atoms. The van der Waals surface area contributed by atoms with Gasteiger partial charge in [0.25, 0.3) is 0 Å². The van der Waals surface area contributed by atoms with Crippen LogP contribution in [0.5, 0.6) is 0 Å². The largest absolute Gasteiger partial charge is 0.218 e. The minimum absolute atomic E-state index is 0.0900. The van der Waals surface area contributed by atoms with Crippen molar-refractivity contribution in [2.75, 3.05) is 0 Å². The van der Waals surface area contributed by atoms with E-state index in [0.717, 1.165) is 17.0 Å². The maximum Gasteiger partial charge on any atom is 0.216 e. The number of benzene rings is 3. The monoisotopic (exact) mass is 361 g/mol. The Kier molecular flexibility index (Phi) is 3.47. The number of rotatable bonds is 1. The van der Waals surface area contributed by atoms with E-state index in [1.54, 1.807) is 0 Å². The fourth-order valence-electron chi connectivity index (χ4n) is 2.77. The van der Waals surface area contributed by atoms with E-state index in [-0.39, 0.29) is 9.79 Å². The normalized spacial score (nSPS) is 15.6. The highest BCUT2D eigenvalue weighted by Crippen LogP contribution is 2.45. The lowest BCUT2D eigenvalue weighted by Gasteiger charge is -2.19. The Balaban J connectivity index is 2.11. The molecule has 0 amide bonds. The van der Waals surface area contributed by atoms with Crippen LogP contribution in [0.4, 0.5) is 8.78 Å². The van der Waals surface area contributed by atoms with Gasteiger partial charge in [-0.2, -0.15) is 0 Å². The lowest BCUT2D eigenvalue weighted by atomic mass is 10.3. The molecule has 0 aliphatic carbocycles. The molecule has 1 heterocycles. The zero-order valence-electron chi connectivity index (χ0n) is 12.2. The lowest BCUT2D eigenvalue weighted by molar-refractivity contribution is 0.578. The molecule has 4 rings (SSSR count). The van der Waals surface area contributed by atoms with E-state index in [0.29, 0.717) is 9.79 Å². The van der Waals surface area contributed by atoms with E-state index < -0.39 is 32.4 Å². The molecule has 0 N–H and O–H groups in total. The third-order valence-electron chi connectivity index (χ3n) is 3.81. The van der Waals surface area contributed by atoms with E-state index in [9.17, 15) is 17.2 Å². The van der Waals surface area contributed by atoms with Crippen molar-refractivity contribution in [3.05, 3.63) is 78.4 Å². The molecular formula is C18H11F2O2S2+. The second-order valence-electron chi connectivity index (χ2n) is 5.30. The van der Waals surface area contributed by atoms with Gasteiger partial charge in [-0.05, 0) is 48.5 Å². The van der Waals surface area contributed by atoms with Gasteiger partial charge in [-0.3, -0.25) is 0 Å². The molecule has 0 bridgehead atoms. The molecule has 3 aromatic carbocycles. The van der Waals surface area contributed by atoms with Crippen molar-refractivity contribution < 1.29 is 17.2 Å². The molecule has 2 nitrogen and oxygen atoms in total. The number of sulfone groups is 1. The van der Waals surface area contributed by atoms with Gasteiger partial charge < -0.3 is 0 Å². The first-order valence-corrected chi connectivity index (χ1v) is 9.83. The maximum absolute atomic E-state index is 13.7. The van der Waals surface area contributed by atoms with Gasteiger partial charge >= 0.3 is 0 Å². The molecule has 120 valence electrons. The standard InChI is InChI=1S/C18H11F2O2S2/c19-12-6-8-15-17(10-12)24(21,22)18-11-13(20)7-9-16(18)23(15)14-4-2-1-3-5-14/h1-11H/q+1. The van der Waals surface area contributed by atoms with Crippen LogP contribution in [0.3, 0.4) is 0 Å². The second kappa shape index (κ2) is 5.43. The van der Waals surface area contributed by atoms with Crippen LogP contribution in [0.1, 0.15) is 0 Å². The van der Waals surface area contributed by atoms with Crippen LogP contribution in [-0.4, -0.2) is 8.42 Å². The number of halogens is 2. The highest BCUT2D eigenvalue weighted by Gasteiger charge is 2.45. The maximum atomic E-state index is 13.7. The Morgan fingerprint density at radius 1 is 0.708 bits per heavy atom. The number of hydrogen-bond donors (Lipinski definition) is 0. The summed E-state index contributed by atoms with van der Waals surface area (Å²) in [4.78, 5) is 1.78. The molecule has 0 radical (unpaired) electrons. The Morgan fingerprint density at radius 3 is 1.71 bits per heavy atom. The predicted molar refractivity (Wildman–Crippen MR) is 86.9 cm³/mol. The fraction of sp³-hybridized carbons (Fsp3) is 0. The Bertz CT molecular complexity index is 988. The summed E-state index contributed by atoms with van der Waals surface area (Å²) >= 11 is 0. The van der Waals surface area contributed by atoms with Gasteiger partial charge in [0, 0.05) is 0 Å². The Hall–Kier alpha value is -2.18. The van der Waals surface area contributed by atoms with Crippen LogP contribution < -0.4 is 0 Å². The quantitative estimate of drug-likeness (QED) is 0.476. The Morgan fingerprint density at radius 2 is 1.21 bits per heavy atom. The predicted octanol–water partition coefficient (Wildman–Crippen LogP) is 4.21. The summed E-state index contributed by atoms with van der Waals surface area (Å²) in [6.07, 6.45) is 0. The summed E-state index contributed by atoms with van der Waals surface area (Å²) in [7, 11) is -4.69. The summed E-state index contributed by atoms with van der Waals surface area (Å²) in [5.41, 5.74) is 0. The van der Waals surface area contributed by atoms with Gasteiger partial charge in [-0.25, -0.2) is 17.2 Å². The van der Waals surface area contributed by atoms with Gasteiger partial charge in [0.15, 0.2) is 14.7 Å². The molecule has 0 saturated carbocycles. The fourth-order valence-corrected chi connectivity index (χ4v) is 7.47. The van der Waals surface area contributed by atoms with Crippen molar-refractivity contribution in [1.82, 2.24) is 0 Å². The molecule has 0 atom stereocenters. The minimum atomic E-state index is -3.96. The van der Waals surface area contributed by atoms with Crippen LogP contribution in [0.25, 0.3) is 0 Å². The molecule has 1 aliphatic rings. The average Bonchev–Trinajstić information content (AvgIpc) is 2.57. The van der Waals surface area contributed by atoms with Crippen molar-refractivity contribution in [2.45, 2.75) is 24.5 Å². The third-order valence-corrected chi connectivity index (χ3v) is 8.24. The SMILES string of the molecule is O=S1(=O)c2cc(F)ccc2[S+](c2ccccc2)c2ccc(F)cc21. The molecule has 6 heteroatoms. The summed E-state index contributed by atoms with van der Waals surface area (Å²) in [6.45, 7) is 0. The molecule has 3 aromatic rings. The molecule has 0 spiro atoms. The van der Waals surface area contributed by atoms with E-state index in [1.807, 2.05) is 30.3 Å². The van der Waals surface area contributed by atoms with Gasteiger partial charge in [0.1, 0.15) is 32.3 Å². The van der Waals surface area contributed by atoms with Crippen LogP contribution in [0, 0.1) is 11.6 Å². The van der Waals surface area contributed by atoms with Crippen molar-refractivity contribution >= 4 is 20.7 Å². The van der Waals surface area contributed by atoms with Gasteiger partial charge in [0.05, 0.1) is 0 Å². The van der Waals surface area contributed by atoms with Gasteiger partial charge in [-0.15, -0.1) is 0 Å². The summed E-state index contributed by atoms with van der Waals surface area (Å²) in [5.74, 6) is -1.26. The van der Waals surface area contributed by atoms with Crippen LogP contribution >= 0.6 is 0 Å². The first-order chi connectivity index (χ1) is 11.5. The molecule has 0 saturated heterocycles. The van der Waals surface area contributed by atoms with Crippen molar-refractivity contribution in [3.63, 3.8) is 0 Å². The van der Waals surface area contributed by atoms with E-state index in [2.05, 4.69) is 0 Å². The molecule has 0 aromatic heterocycles. The molecule has 0 fully saturated rings. The smallest absolute Gasteiger partial charge is 0.216 e. The van der Waals surface area contributed by atoms with Crippen LogP contribution in [0.2, 0.25) is 0 Å². The first-order valence-electron chi connectivity index (χ1n) is 7.12. The topological polar surface area (TPSA) is 34.1 Å². The third kappa shape index (κ3) is 2.25. The molecule has 0 unspecified atom stereocenters. The highest BCUT2D eigenvalue weighted by molar-refractivity contribution is 8.00. The first kappa shape index (κ1) is 15.4. The lowest BCUT2D eigenvalue weighted by Crippen LogP contribution is -2.20. The van der Waals surface area contributed by atoms with Crippen molar-refractivity contribution in [1.29, 1.82) is 0 Å². The molecule has 1 aliphatic heterocycles. The van der Waals surface area contributed by atoms with E-state index in [1.165, 1.54) is 24.3 Å². The highest BCUT2D eigenvalue weighted by atomic mass is 32.2. The van der Waals surface area contributed by atoms with Crippen LogP contribution in [0.15, 0.2) is 91.2 Å². The average molecular weight is 361 g/mol. The summed E-state index contributed by atoms with van der Waals surface area (Å²) < 4.78 is 53.1. The van der Waals surface area contributed by atoms with E-state index >= 15 is 0 Å². The summed E-state index contributed by atoms with van der Waals surface area (Å²) in [6, 6.07) is 16.9. The Labute approximate surface area is 141 Å². The van der Waals surface area contributed by atoms with Crippen molar-refractivity contribution in [2.24, 2.45) is 0 Å². The number of fused-ring (bicyclic) bond motifs is 2.